The molecule has 3 aliphatic heterocycles. The summed E-state index contributed by atoms with van der Waals surface area (Å²) in [5, 5.41) is 37.0. The van der Waals surface area contributed by atoms with Gasteiger partial charge in [0.15, 0.2) is 6.20 Å². The van der Waals surface area contributed by atoms with Gasteiger partial charge < -0.3 is 20.2 Å². The smallest absolute Gasteiger partial charge is 0.224 e. The van der Waals surface area contributed by atoms with Crippen molar-refractivity contribution in [3.63, 3.8) is 0 Å². The first kappa shape index (κ1) is 15.6. The Bertz CT molecular complexity index is 793. The minimum atomic E-state index is -0.859. The molecule has 5 atom stereocenters. The number of fused-ring (bicyclic) bond motifs is 4. The molecular formula is C19H22N2O3. The van der Waals surface area contributed by atoms with Crippen LogP contribution in [0.5, 0.6) is 0 Å². The summed E-state index contributed by atoms with van der Waals surface area (Å²) < 4.78 is 0.448. The van der Waals surface area contributed by atoms with E-state index in [1.807, 2.05) is 18.2 Å². The minimum Gasteiger partial charge on any atom is -0.632 e. The monoisotopic (exact) mass is 326 g/mol. The number of benzene rings is 1. The maximum atomic E-state index is 13.3. The van der Waals surface area contributed by atoms with E-state index in [4.69, 9.17) is 0 Å². The molecule has 2 bridgehead atoms. The quantitative estimate of drug-likeness (QED) is 0.407. The van der Waals surface area contributed by atoms with Crippen LogP contribution >= 0.6 is 0 Å². The second kappa shape index (κ2) is 5.55. The lowest BCUT2D eigenvalue weighted by atomic mass is 9.73. The Labute approximate surface area is 141 Å². The van der Waals surface area contributed by atoms with Gasteiger partial charge in [-0.3, -0.25) is 0 Å². The maximum absolute atomic E-state index is 13.3. The van der Waals surface area contributed by atoms with Gasteiger partial charge in [0.2, 0.25) is 5.52 Å². The van der Waals surface area contributed by atoms with Crippen molar-refractivity contribution < 1.29 is 14.5 Å². The summed E-state index contributed by atoms with van der Waals surface area (Å²) in [4.78, 5) is 0. The molecule has 2 aromatic rings. The molecule has 0 amide bonds. The van der Waals surface area contributed by atoms with Gasteiger partial charge in [-0.05, 0) is 12.0 Å². The van der Waals surface area contributed by atoms with Crippen molar-refractivity contribution in [3.8, 4) is 0 Å². The summed E-state index contributed by atoms with van der Waals surface area (Å²) >= 11 is 0. The zero-order chi connectivity index (χ0) is 16.9. The number of aliphatic hydroxyl groups is 1. The molecule has 24 heavy (non-hydrogen) atoms. The second-order valence-corrected chi connectivity index (χ2v) is 7.17. The lowest BCUT2D eigenvalue weighted by Crippen LogP contribution is -2.65. The van der Waals surface area contributed by atoms with Gasteiger partial charge >= 0.3 is 0 Å². The van der Waals surface area contributed by atoms with Gasteiger partial charge in [-0.1, -0.05) is 18.2 Å². The summed E-state index contributed by atoms with van der Waals surface area (Å²) in [6.45, 7) is 4.92. The third-order valence-electron chi connectivity index (χ3n) is 5.98. The second-order valence-electron chi connectivity index (χ2n) is 7.17. The molecule has 0 aliphatic carbocycles. The van der Waals surface area contributed by atoms with E-state index in [9.17, 15) is 15.5 Å². The zero-order valence-electron chi connectivity index (χ0n) is 13.5. The van der Waals surface area contributed by atoms with Gasteiger partial charge in [-0.15, -0.1) is 6.58 Å². The molecule has 4 heterocycles. The van der Waals surface area contributed by atoms with Crippen LogP contribution in [0.15, 0.2) is 49.2 Å². The number of nitrogens with zero attached hydrogens (tertiary/aromatic N) is 2. The highest BCUT2D eigenvalue weighted by atomic mass is 16.6. The molecule has 0 unspecified atom stereocenters. The van der Waals surface area contributed by atoms with E-state index in [2.05, 4.69) is 6.58 Å². The molecule has 5 nitrogen and oxygen atoms in total. The molecule has 5 heteroatoms. The van der Waals surface area contributed by atoms with E-state index in [1.54, 1.807) is 18.2 Å². The van der Waals surface area contributed by atoms with Crippen LogP contribution in [0.2, 0.25) is 0 Å². The highest BCUT2D eigenvalue weighted by Crippen LogP contribution is 2.46. The molecule has 0 radical (unpaired) electrons. The molecule has 3 fully saturated rings. The zero-order valence-corrected chi connectivity index (χ0v) is 13.5. The number of rotatable bonds is 3. The van der Waals surface area contributed by atoms with Crippen molar-refractivity contribution in [2.24, 2.45) is 11.8 Å². The standard InChI is InChI=1S/C19H22N2O3/c1-2-13-12-21(24)10-8-14(13)11-18(21)19(22)16-7-9-20(23)17-6-4-3-5-15(16)17/h2-7,9,13-14,18-19,22H,1,8,10-12H2/t13-,14-,18+,19-,21+/m0/s1. The van der Waals surface area contributed by atoms with E-state index in [0.717, 1.165) is 16.5 Å². The van der Waals surface area contributed by atoms with Gasteiger partial charge in [0.1, 0.15) is 12.1 Å². The normalized spacial score (nSPS) is 33.5. The SMILES string of the molecule is C=C[C@H]1C[N@+]2([O-])CC[C@H]1C[C@@H]2[C@@H](O)c1cc[n+]([O-])c2ccccc12. The minimum absolute atomic E-state index is 0.246. The summed E-state index contributed by atoms with van der Waals surface area (Å²) in [7, 11) is 0. The van der Waals surface area contributed by atoms with E-state index in [0.29, 0.717) is 36.5 Å². The van der Waals surface area contributed by atoms with Gasteiger partial charge in [0.05, 0.1) is 18.5 Å². The number of hydroxylamine groups is 3. The van der Waals surface area contributed by atoms with Crippen LogP contribution in [0, 0.1) is 22.3 Å². The summed E-state index contributed by atoms with van der Waals surface area (Å²) in [6, 6.07) is 8.50. The summed E-state index contributed by atoms with van der Waals surface area (Å²) in [6.07, 6.45) is 4.07. The van der Waals surface area contributed by atoms with Gasteiger partial charge in [0.25, 0.3) is 0 Å². The third kappa shape index (κ3) is 2.24. The average molecular weight is 326 g/mol. The Balaban J connectivity index is 1.74. The number of hydrogen-bond donors (Lipinski definition) is 1. The van der Waals surface area contributed by atoms with Crippen molar-refractivity contribution in [1.29, 1.82) is 0 Å². The lowest BCUT2D eigenvalue weighted by Gasteiger charge is -2.60. The predicted octanol–water partition coefficient (Wildman–Crippen LogP) is 2.42. The van der Waals surface area contributed by atoms with Gasteiger partial charge in [-0.25, -0.2) is 0 Å². The molecule has 3 aliphatic rings. The van der Waals surface area contributed by atoms with Crippen molar-refractivity contribution >= 4 is 10.9 Å². The van der Waals surface area contributed by atoms with E-state index in [1.165, 1.54) is 6.20 Å². The van der Waals surface area contributed by atoms with Crippen molar-refractivity contribution in [1.82, 2.24) is 0 Å². The summed E-state index contributed by atoms with van der Waals surface area (Å²) in [5.74, 6) is 0.673. The molecular weight excluding hydrogens is 304 g/mol. The number of piperidine rings is 3. The van der Waals surface area contributed by atoms with Crippen molar-refractivity contribution in [2.45, 2.75) is 25.0 Å². The molecule has 5 rings (SSSR count). The lowest BCUT2D eigenvalue weighted by molar-refractivity contribution is -0.929. The van der Waals surface area contributed by atoms with Crippen LogP contribution in [0.25, 0.3) is 10.9 Å². The van der Waals surface area contributed by atoms with Crippen LogP contribution < -0.4 is 4.73 Å². The Hall–Kier alpha value is -1.95. The highest BCUT2D eigenvalue weighted by Gasteiger charge is 2.49. The molecule has 0 saturated carbocycles. The highest BCUT2D eigenvalue weighted by molar-refractivity contribution is 5.79. The third-order valence-corrected chi connectivity index (χ3v) is 5.98. The Morgan fingerprint density at radius 3 is 2.88 bits per heavy atom. The number of pyridine rings is 1. The van der Waals surface area contributed by atoms with E-state index < -0.39 is 6.10 Å². The van der Waals surface area contributed by atoms with Crippen molar-refractivity contribution in [3.05, 3.63) is 65.2 Å². The van der Waals surface area contributed by atoms with Crippen LogP contribution in [-0.2, 0) is 0 Å². The Kier molecular flexibility index (Phi) is 3.60. The summed E-state index contributed by atoms with van der Waals surface area (Å²) in [5.41, 5.74) is 1.20. The molecule has 1 N–H and O–H groups in total. The number of aliphatic hydroxyl groups excluding tert-OH is 1. The fourth-order valence-electron chi connectivity index (χ4n) is 4.64. The first-order valence-corrected chi connectivity index (χ1v) is 8.53. The van der Waals surface area contributed by atoms with Crippen LogP contribution in [0.3, 0.4) is 0 Å². The van der Waals surface area contributed by atoms with E-state index in [-0.39, 0.29) is 16.6 Å². The predicted molar refractivity (Wildman–Crippen MR) is 91.4 cm³/mol. The van der Waals surface area contributed by atoms with Gasteiger partial charge in [0, 0.05) is 36.5 Å². The molecule has 0 spiro atoms. The average Bonchev–Trinajstić information content (AvgIpc) is 2.61. The van der Waals surface area contributed by atoms with Crippen LogP contribution in [-0.4, -0.2) is 28.9 Å². The molecule has 1 aromatic heterocycles. The number of aromatic nitrogens is 1. The number of quaternary nitrogens is 1. The first-order chi connectivity index (χ1) is 11.5. The number of para-hydroxylation sites is 1. The van der Waals surface area contributed by atoms with Crippen molar-refractivity contribution in [2.75, 3.05) is 13.1 Å². The largest absolute Gasteiger partial charge is 0.632 e. The molecule has 3 saturated heterocycles. The van der Waals surface area contributed by atoms with Crippen LogP contribution in [0.4, 0.5) is 0 Å². The Morgan fingerprint density at radius 1 is 1.33 bits per heavy atom. The van der Waals surface area contributed by atoms with Crippen LogP contribution in [0.1, 0.15) is 24.5 Å². The molecule has 126 valence electrons. The topological polar surface area (TPSA) is 70.2 Å². The number of hydrogen-bond acceptors (Lipinski definition) is 3. The fourth-order valence-corrected chi connectivity index (χ4v) is 4.64. The first-order valence-electron chi connectivity index (χ1n) is 8.53. The Morgan fingerprint density at radius 2 is 2.12 bits per heavy atom. The maximum Gasteiger partial charge on any atom is 0.224 e. The van der Waals surface area contributed by atoms with Gasteiger partial charge in [-0.2, -0.15) is 4.73 Å². The fraction of sp³-hybridized carbons (Fsp3) is 0.421. The molecule has 1 aromatic carbocycles. The van der Waals surface area contributed by atoms with E-state index >= 15 is 0 Å².